The van der Waals surface area contributed by atoms with Crippen molar-refractivity contribution >= 4 is 23.2 Å². The zero-order valence-corrected chi connectivity index (χ0v) is 17.0. The van der Waals surface area contributed by atoms with E-state index in [4.69, 9.17) is 11.6 Å². The normalized spacial score (nSPS) is 53.1. The van der Waals surface area contributed by atoms with Gasteiger partial charge in [-0.05, 0) is 44.1 Å². The van der Waals surface area contributed by atoms with Gasteiger partial charge in [-0.25, -0.2) is 4.39 Å². The van der Waals surface area contributed by atoms with Gasteiger partial charge in [0.25, 0.3) is 0 Å². The van der Waals surface area contributed by atoms with Crippen LogP contribution < -0.4 is 0 Å². The minimum atomic E-state index is -2.10. The standard InChI is InChI=1S/C21H28ClFO5/c1-18-6-5-12(24)7-11(18)3-4-13-14-8-15(25)21(28,17(27)10-22)19(14,2)9-16(26)20(13,18)23/h7,13-16,25-26,28H,3-6,8-10H2,1-2H3/t13?,14?,15?,16-,18?,19?,20-,21?/m0/s1. The van der Waals surface area contributed by atoms with Gasteiger partial charge < -0.3 is 15.3 Å². The molecule has 3 N–H and O–H groups in total. The zero-order valence-electron chi connectivity index (χ0n) is 16.3. The number of aliphatic hydroxyl groups excluding tert-OH is 2. The van der Waals surface area contributed by atoms with Crippen molar-refractivity contribution in [3.8, 4) is 0 Å². The first-order valence-corrected chi connectivity index (χ1v) is 10.6. The summed E-state index contributed by atoms with van der Waals surface area (Å²) in [6.07, 6.45) is 0.240. The van der Waals surface area contributed by atoms with Crippen LogP contribution in [0.25, 0.3) is 0 Å². The van der Waals surface area contributed by atoms with Crippen LogP contribution in [0.3, 0.4) is 0 Å². The molecule has 3 saturated carbocycles. The lowest BCUT2D eigenvalue weighted by molar-refractivity contribution is -0.229. The molecule has 6 unspecified atom stereocenters. The third-order valence-electron chi connectivity index (χ3n) is 8.81. The fourth-order valence-corrected chi connectivity index (χ4v) is 7.39. The molecule has 0 heterocycles. The van der Waals surface area contributed by atoms with Crippen LogP contribution >= 0.6 is 11.6 Å². The van der Waals surface area contributed by atoms with Crippen LogP contribution in [0.5, 0.6) is 0 Å². The highest BCUT2D eigenvalue weighted by molar-refractivity contribution is 6.29. The monoisotopic (exact) mass is 414 g/mol. The number of hydrogen-bond donors (Lipinski definition) is 3. The van der Waals surface area contributed by atoms with E-state index in [9.17, 15) is 24.9 Å². The minimum absolute atomic E-state index is 0.0111. The van der Waals surface area contributed by atoms with E-state index in [-0.39, 0.29) is 25.0 Å². The van der Waals surface area contributed by atoms with Gasteiger partial charge in [-0.2, -0.15) is 0 Å². The molecule has 0 bridgehead atoms. The van der Waals surface area contributed by atoms with Crippen molar-refractivity contribution in [1.82, 2.24) is 0 Å². The van der Waals surface area contributed by atoms with Crippen molar-refractivity contribution in [3.05, 3.63) is 11.6 Å². The van der Waals surface area contributed by atoms with Crippen molar-refractivity contribution in [2.75, 3.05) is 5.88 Å². The molecule has 28 heavy (non-hydrogen) atoms. The van der Waals surface area contributed by atoms with Crippen LogP contribution in [-0.4, -0.2) is 56.2 Å². The molecule has 0 aromatic carbocycles. The molecular formula is C21H28ClFO5. The van der Waals surface area contributed by atoms with Crippen molar-refractivity contribution in [2.45, 2.75) is 75.9 Å². The topological polar surface area (TPSA) is 94.8 Å². The number of fused-ring (bicyclic) bond motifs is 5. The number of hydrogen-bond acceptors (Lipinski definition) is 5. The van der Waals surface area contributed by atoms with Gasteiger partial charge in [0.05, 0.1) is 18.1 Å². The average Bonchev–Trinajstić information content (AvgIpc) is 2.84. The molecule has 0 radical (unpaired) electrons. The molecule has 4 rings (SSSR count). The number of alkyl halides is 2. The van der Waals surface area contributed by atoms with E-state index in [1.165, 1.54) is 0 Å². The number of halogens is 2. The zero-order chi connectivity index (χ0) is 20.7. The number of aliphatic hydroxyl groups is 3. The Morgan fingerprint density at radius 2 is 1.93 bits per heavy atom. The third kappa shape index (κ3) is 2.13. The summed E-state index contributed by atoms with van der Waals surface area (Å²) in [7, 11) is 0. The first-order valence-electron chi connectivity index (χ1n) is 10.1. The van der Waals surface area contributed by atoms with Gasteiger partial charge in [0.2, 0.25) is 0 Å². The molecule has 0 aliphatic heterocycles. The number of Topliss-reactive ketones (excluding diaryl/α,β-unsaturated/α-hetero) is 1. The quantitative estimate of drug-likeness (QED) is 0.601. The summed E-state index contributed by atoms with van der Waals surface area (Å²) in [6, 6.07) is 0. The lowest BCUT2D eigenvalue weighted by atomic mass is 9.44. The summed E-state index contributed by atoms with van der Waals surface area (Å²) >= 11 is 5.71. The molecule has 8 atom stereocenters. The predicted molar refractivity (Wildman–Crippen MR) is 101 cm³/mol. The molecule has 0 amide bonds. The van der Waals surface area contributed by atoms with Crippen molar-refractivity contribution in [2.24, 2.45) is 22.7 Å². The molecule has 156 valence electrons. The highest BCUT2D eigenvalue weighted by Gasteiger charge is 2.76. The van der Waals surface area contributed by atoms with Crippen LogP contribution in [0, 0.1) is 22.7 Å². The Morgan fingerprint density at radius 3 is 2.57 bits per heavy atom. The summed E-state index contributed by atoms with van der Waals surface area (Å²) in [4.78, 5) is 24.4. The van der Waals surface area contributed by atoms with E-state index in [0.29, 0.717) is 19.3 Å². The summed E-state index contributed by atoms with van der Waals surface area (Å²) in [5.74, 6) is -2.24. The van der Waals surface area contributed by atoms with Crippen molar-refractivity contribution in [3.63, 3.8) is 0 Å². The number of carbonyl (C=O) groups is 2. The van der Waals surface area contributed by atoms with E-state index in [2.05, 4.69) is 0 Å². The summed E-state index contributed by atoms with van der Waals surface area (Å²) in [5.41, 5.74) is -5.46. The van der Waals surface area contributed by atoms with E-state index >= 15 is 4.39 Å². The maximum Gasteiger partial charge on any atom is 0.182 e. The first-order chi connectivity index (χ1) is 13.0. The Balaban J connectivity index is 1.83. The molecule has 0 aromatic heterocycles. The van der Waals surface area contributed by atoms with Gasteiger partial charge in [0.15, 0.2) is 17.2 Å². The van der Waals surface area contributed by atoms with Crippen molar-refractivity contribution in [1.29, 1.82) is 0 Å². The Labute approximate surface area is 168 Å². The van der Waals surface area contributed by atoms with E-state index in [1.54, 1.807) is 19.9 Å². The molecule has 0 aromatic rings. The van der Waals surface area contributed by atoms with Crippen LogP contribution in [0.2, 0.25) is 0 Å². The molecule has 5 nitrogen and oxygen atoms in total. The fourth-order valence-electron chi connectivity index (χ4n) is 7.19. The molecule has 7 heteroatoms. The van der Waals surface area contributed by atoms with Crippen LogP contribution in [0.1, 0.15) is 52.4 Å². The fraction of sp³-hybridized carbons (Fsp3) is 0.810. The SMILES string of the molecule is CC12C[C@H](O)[C@@]3(F)C(CCC4=CC(=O)CCC43C)C1CC(O)C2(O)C(=O)CCl. The number of ketones is 2. The molecular weight excluding hydrogens is 387 g/mol. The van der Waals surface area contributed by atoms with Crippen LogP contribution in [0.15, 0.2) is 11.6 Å². The van der Waals surface area contributed by atoms with E-state index in [1.807, 2.05) is 0 Å². The van der Waals surface area contributed by atoms with Gasteiger partial charge >= 0.3 is 0 Å². The minimum Gasteiger partial charge on any atom is -0.390 e. The Hall–Kier alpha value is -0.820. The Kier molecular flexibility index (Phi) is 4.45. The molecule has 4 aliphatic rings. The molecule has 4 aliphatic carbocycles. The number of carbonyl (C=O) groups excluding carboxylic acids is 2. The number of rotatable bonds is 2. The lowest BCUT2D eigenvalue weighted by Gasteiger charge is -2.63. The van der Waals surface area contributed by atoms with Gasteiger partial charge in [0, 0.05) is 23.2 Å². The van der Waals surface area contributed by atoms with Crippen molar-refractivity contribution < 1.29 is 29.3 Å². The third-order valence-corrected chi connectivity index (χ3v) is 9.05. The highest BCUT2D eigenvalue weighted by atomic mass is 35.5. The molecule has 0 spiro atoms. The smallest absolute Gasteiger partial charge is 0.182 e. The van der Waals surface area contributed by atoms with Crippen LogP contribution in [0.4, 0.5) is 4.39 Å². The maximum absolute atomic E-state index is 16.9. The second-order valence-electron chi connectivity index (χ2n) is 9.70. The van der Waals surface area contributed by atoms with E-state index < -0.39 is 57.8 Å². The largest absolute Gasteiger partial charge is 0.390 e. The van der Waals surface area contributed by atoms with Gasteiger partial charge in [0.1, 0.15) is 5.67 Å². The lowest BCUT2D eigenvalue weighted by Crippen LogP contribution is -2.70. The van der Waals surface area contributed by atoms with Gasteiger partial charge in [-0.1, -0.05) is 19.4 Å². The maximum atomic E-state index is 16.9. The van der Waals surface area contributed by atoms with Gasteiger partial charge in [-0.15, -0.1) is 11.6 Å². The highest BCUT2D eigenvalue weighted by Crippen LogP contribution is 2.70. The van der Waals surface area contributed by atoms with E-state index in [0.717, 1.165) is 5.57 Å². The summed E-state index contributed by atoms with van der Waals surface area (Å²) in [6.45, 7) is 3.45. The van der Waals surface area contributed by atoms with Gasteiger partial charge in [-0.3, -0.25) is 9.59 Å². The second-order valence-corrected chi connectivity index (χ2v) is 9.97. The second kappa shape index (κ2) is 6.10. The Bertz CT molecular complexity index is 770. The summed E-state index contributed by atoms with van der Waals surface area (Å²) in [5, 5.41) is 33.0. The number of allylic oxidation sites excluding steroid dienone is 1. The average molecular weight is 415 g/mol. The molecule has 0 saturated heterocycles. The van der Waals surface area contributed by atoms with Crippen LogP contribution in [-0.2, 0) is 9.59 Å². The molecule has 3 fully saturated rings. The predicted octanol–water partition coefficient (Wildman–Crippen LogP) is 2.09. The Morgan fingerprint density at radius 1 is 1.25 bits per heavy atom. The first kappa shape index (κ1) is 20.5. The summed E-state index contributed by atoms with van der Waals surface area (Å²) < 4.78 is 16.9.